The fourth-order valence-corrected chi connectivity index (χ4v) is 2.24. The van der Waals surface area contributed by atoms with Crippen molar-refractivity contribution in [2.75, 3.05) is 0 Å². The number of ether oxygens (including phenoxy) is 1. The van der Waals surface area contributed by atoms with Crippen molar-refractivity contribution < 1.29 is 13.9 Å². The molecule has 0 spiro atoms. The minimum atomic E-state index is -0.631. The number of halogens is 1. The number of benzene rings is 2. The van der Waals surface area contributed by atoms with Crippen LogP contribution in [0.25, 0.3) is 10.9 Å². The van der Waals surface area contributed by atoms with Crippen LogP contribution in [0.4, 0.5) is 4.39 Å². The highest BCUT2D eigenvalue weighted by Crippen LogP contribution is 2.16. The van der Waals surface area contributed by atoms with Crippen molar-refractivity contribution in [1.82, 2.24) is 4.57 Å². The van der Waals surface area contributed by atoms with Crippen molar-refractivity contribution >= 4 is 16.9 Å². The van der Waals surface area contributed by atoms with Crippen LogP contribution in [0.2, 0.25) is 0 Å². The Balaban J connectivity index is 2.07. The van der Waals surface area contributed by atoms with E-state index in [0.717, 1.165) is 6.07 Å². The number of carbonyl (C=O) groups is 1. The zero-order chi connectivity index (χ0) is 15.7. The molecule has 0 atom stereocenters. The summed E-state index contributed by atoms with van der Waals surface area (Å²) in [6.45, 7) is 0. The molecule has 0 aliphatic rings. The van der Waals surface area contributed by atoms with Gasteiger partial charge in [-0.2, -0.15) is 0 Å². The van der Waals surface area contributed by atoms with Gasteiger partial charge < -0.3 is 9.30 Å². The van der Waals surface area contributed by atoms with Gasteiger partial charge in [0.2, 0.25) is 5.43 Å². The Labute approximate surface area is 125 Å². The van der Waals surface area contributed by atoms with Gasteiger partial charge in [0.05, 0.1) is 22.7 Å². The molecule has 3 aromatic rings. The van der Waals surface area contributed by atoms with Gasteiger partial charge in [0.1, 0.15) is 5.82 Å². The van der Waals surface area contributed by atoms with Gasteiger partial charge >= 0.3 is 5.97 Å². The van der Waals surface area contributed by atoms with Gasteiger partial charge in [-0.3, -0.25) is 4.79 Å². The summed E-state index contributed by atoms with van der Waals surface area (Å²) < 4.78 is 20.1. The predicted octanol–water partition coefficient (Wildman–Crippen LogP) is 2.90. The maximum atomic E-state index is 13.4. The SMILES string of the molecule is Cn1cc(OC(=O)c2ccccc2)c(=O)c2cc(F)ccc21. The van der Waals surface area contributed by atoms with Crippen LogP contribution >= 0.6 is 0 Å². The van der Waals surface area contributed by atoms with Crippen LogP contribution in [-0.2, 0) is 7.05 Å². The molecule has 1 heterocycles. The Morgan fingerprint density at radius 2 is 1.86 bits per heavy atom. The van der Waals surface area contributed by atoms with E-state index in [2.05, 4.69) is 0 Å². The van der Waals surface area contributed by atoms with Crippen LogP contribution in [0, 0.1) is 5.82 Å². The lowest BCUT2D eigenvalue weighted by Gasteiger charge is -2.09. The van der Waals surface area contributed by atoms with Crippen molar-refractivity contribution in [3.05, 3.63) is 76.3 Å². The summed E-state index contributed by atoms with van der Waals surface area (Å²) >= 11 is 0. The van der Waals surface area contributed by atoms with E-state index in [1.165, 1.54) is 18.3 Å². The lowest BCUT2D eigenvalue weighted by Crippen LogP contribution is -2.17. The summed E-state index contributed by atoms with van der Waals surface area (Å²) in [6, 6.07) is 12.3. The van der Waals surface area contributed by atoms with E-state index in [1.54, 1.807) is 41.9 Å². The topological polar surface area (TPSA) is 48.3 Å². The van der Waals surface area contributed by atoms with Gasteiger partial charge in [0.25, 0.3) is 0 Å². The average Bonchev–Trinajstić information content (AvgIpc) is 2.53. The smallest absolute Gasteiger partial charge is 0.343 e. The number of rotatable bonds is 2. The average molecular weight is 297 g/mol. The number of carbonyl (C=O) groups excluding carboxylic acids is 1. The molecule has 0 fully saturated rings. The quantitative estimate of drug-likeness (QED) is 0.683. The summed E-state index contributed by atoms with van der Waals surface area (Å²) in [5.41, 5.74) is 0.381. The van der Waals surface area contributed by atoms with E-state index in [9.17, 15) is 14.0 Å². The molecule has 0 bridgehead atoms. The number of esters is 1. The lowest BCUT2D eigenvalue weighted by molar-refractivity contribution is 0.0732. The highest BCUT2D eigenvalue weighted by atomic mass is 19.1. The van der Waals surface area contributed by atoms with Crippen molar-refractivity contribution in [3.8, 4) is 5.75 Å². The summed E-state index contributed by atoms with van der Waals surface area (Å²) in [4.78, 5) is 24.4. The highest BCUT2D eigenvalue weighted by molar-refractivity contribution is 5.91. The van der Waals surface area contributed by atoms with Gasteiger partial charge in [-0.1, -0.05) is 18.2 Å². The minimum Gasteiger partial charge on any atom is -0.417 e. The largest absolute Gasteiger partial charge is 0.417 e. The molecule has 0 saturated heterocycles. The molecule has 0 N–H and O–H groups in total. The first-order valence-electron chi connectivity index (χ1n) is 6.62. The van der Waals surface area contributed by atoms with Crippen molar-refractivity contribution in [2.24, 2.45) is 7.05 Å². The Bertz CT molecular complexity index is 916. The second kappa shape index (κ2) is 5.44. The van der Waals surface area contributed by atoms with Gasteiger partial charge in [-0.25, -0.2) is 9.18 Å². The van der Waals surface area contributed by atoms with Crippen LogP contribution in [-0.4, -0.2) is 10.5 Å². The van der Waals surface area contributed by atoms with E-state index >= 15 is 0 Å². The molecular weight excluding hydrogens is 285 g/mol. The molecule has 0 amide bonds. The van der Waals surface area contributed by atoms with Crippen LogP contribution in [0.5, 0.6) is 5.75 Å². The first-order chi connectivity index (χ1) is 10.6. The van der Waals surface area contributed by atoms with Crippen LogP contribution in [0.3, 0.4) is 0 Å². The minimum absolute atomic E-state index is 0.130. The molecule has 0 aliphatic carbocycles. The molecule has 0 aliphatic heterocycles. The molecule has 110 valence electrons. The van der Waals surface area contributed by atoms with E-state index in [-0.39, 0.29) is 11.1 Å². The monoisotopic (exact) mass is 297 g/mol. The summed E-state index contributed by atoms with van der Waals surface area (Å²) in [7, 11) is 1.69. The van der Waals surface area contributed by atoms with Crippen LogP contribution in [0.1, 0.15) is 10.4 Å². The predicted molar refractivity (Wildman–Crippen MR) is 80.5 cm³/mol. The normalized spacial score (nSPS) is 10.6. The second-order valence-corrected chi connectivity index (χ2v) is 4.85. The molecule has 3 rings (SSSR count). The molecule has 0 unspecified atom stereocenters. The Kier molecular flexibility index (Phi) is 3.47. The number of aromatic nitrogens is 1. The first kappa shape index (κ1) is 14.0. The van der Waals surface area contributed by atoms with Crippen LogP contribution in [0.15, 0.2) is 59.5 Å². The van der Waals surface area contributed by atoms with E-state index in [4.69, 9.17) is 4.74 Å². The van der Waals surface area contributed by atoms with E-state index < -0.39 is 17.2 Å². The number of pyridine rings is 1. The molecule has 22 heavy (non-hydrogen) atoms. The number of aryl methyl sites for hydroxylation is 1. The fourth-order valence-electron chi connectivity index (χ4n) is 2.24. The maximum Gasteiger partial charge on any atom is 0.343 e. The maximum absolute atomic E-state index is 13.4. The third-order valence-corrected chi connectivity index (χ3v) is 3.33. The Morgan fingerprint density at radius 3 is 2.59 bits per heavy atom. The Morgan fingerprint density at radius 1 is 1.14 bits per heavy atom. The number of nitrogens with zero attached hydrogens (tertiary/aromatic N) is 1. The number of hydrogen-bond acceptors (Lipinski definition) is 3. The fraction of sp³-hybridized carbons (Fsp3) is 0.0588. The van der Waals surface area contributed by atoms with Crippen molar-refractivity contribution in [2.45, 2.75) is 0 Å². The van der Waals surface area contributed by atoms with Gasteiger partial charge in [0.15, 0.2) is 5.75 Å². The van der Waals surface area contributed by atoms with Gasteiger partial charge in [0, 0.05) is 7.05 Å². The van der Waals surface area contributed by atoms with Gasteiger partial charge in [-0.15, -0.1) is 0 Å². The zero-order valence-electron chi connectivity index (χ0n) is 11.7. The van der Waals surface area contributed by atoms with E-state index in [0.29, 0.717) is 11.1 Å². The Hall–Kier alpha value is -2.95. The summed E-state index contributed by atoms with van der Waals surface area (Å²) in [5, 5.41) is 0.167. The molecule has 4 nitrogen and oxygen atoms in total. The molecule has 1 aromatic heterocycles. The third kappa shape index (κ3) is 2.48. The van der Waals surface area contributed by atoms with Crippen molar-refractivity contribution in [1.29, 1.82) is 0 Å². The summed E-state index contributed by atoms with van der Waals surface area (Å²) in [6.07, 6.45) is 1.42. The number of fused-ring (bicyclic) bond motifs is 1. The molecule has 0 radical (unpaired) electrons. The molecule has 2 aromatic carbocycles. The zero-order valence-corrected chi connectivity index (χ0v) is 11.7. The second-order valence-electron chi connectivity index (χ2n) is 4.85. The molecular formula is C17H12FNO3. The standard InChI is InChI=1S/C17H12FNO3/c1-19-10-15(22-17(21)11-5-3-2-4-6-11)16(20)13-9-12(18)7-8-14(13)19/h2-10H,1H3. The molecule has 5 heteroatoms. The van der Waals surface area contributed by atoms with Gasteiger partial charge in [-0.05, 0) is 30.3 Å². The van der Waals surface area contributed by atoms with E-state index in [1.807, 2.05) is 0 Å². The third-order valence-electron chi connectivity index (χ3n) is 3.33. The lowest BCUT2D eigenvalue weighted by atomic mass is 10.2. The summed E-state index contributed by atoms with van der Waals surface area (Å²) in [5.74, 6) is -1.28. The van der Waals surface area contributed by atoms with Crippen LogP contribution < -0.4 is 10.2 Å². The number of hydrogen-bond donors (Lipinski definition) is 0. The highest BCUT2D eigenvalue weighted by Gasteiger charge is 2.14. The molecule has 0 saturated carbocycles. The van der Waals surface area contributed by atoms with Crippen molar-refractivity contribution in [3.63, 3.8) is 0 Å². The first-order valence-corrected chi connectivity index (χ1v) is 6.62.